The van der Waals surface area contributed by atoms with Crippen LogP contribution in [0.15, 0.2) is 60.9 Å². The molecular weight excluding hydrogens is 622 g/mol. The van der Waals surface area contributed by atoms with E-state index < -0.39 is 0 Å². The Morgan fingerprint density at radius 2 is 1.71 bits per heavy atom. The smallest absolute Gasteiger partial charge is 0.249 e. The van der Waals surface area contributed by atoms with Gasteiger partial charge >= 0.3 is 0 Å². The molecule has 0 radical (unpaired) electrons. The summed E-state index contributed by atoms with van der Waals surface area (Å²) in [6.07, 6.45) is 9.04. The number of nitrogens with zero attached hydrogens (tertiary/aromatic N) is 7. The van der Waals surface area contributed by atoms with Gasteiger partial charge in [-0.1, -0.05) is 24.3 Å². The molecule has 0 spiro atoms. The summed E-state index contributed by atoms with van der Waals surface area (Å²) in [6.45, 7) is 5.14. The number of benzene rings is 2. The van der Waals surface area contributed by atoms with Crippen LogP contribution in [0.3, 0.4) is 0 Å². The molecule has 4 aromatic rings. The molecule has 3 fully saturated rings. The molecule has 0 bridgehead atoms. The minimum atomic E-state index is -0.341. The van der Waals surface area contributed by atoms with E-state index in [-0.39, 0.29) is 29.4 Å². The van der Waals surface area contributed by atoms with Crippen LogP contribution in [0.1, 0.15) is 50.0 Å². The molecule has 0 saturated carbocycles. The number of rotatable bonds is 6. The Morgan fingerprint density at radius 1 is 0.898 bits per heavy atom. The van der Waals surface area contributed by atoms with Gasteiger partial charge in [0.25, 0.3) is 0 Å². The highest BCUT2D eigenvalue weighted by atomic mass is 16.5. The molecule has 3 saturated heterocycles. The maximum Gasteiger partial charge on any atom is 0.249 e. The molecule has 2 amide bonds. The van der Waals surface area contributed by atoms with Crippen molar-refractivity contribution in [2.45, 2.75) is 56.5 Å². The maximum atomic E-state index is 12.7. The van der Waals surface area contributed by atoms with Crippen LogP contribution in [0.4, 0.5) is 17.2 Å². The van der Waals surface area contributed by atoms with E-state index in [0.717, 1.165) is 69.0 Å². The minimum absolute atomic E-state index is 0.132. The van der Waals surface area contributed by atoms with Crippen molar-refractivity contribution < 1.29 is 19.4 Å². The number of imide groups is 1. The zero-order valence-corrected chi connectivity index (χ0v) is 27.4. The van der Waals surface area contributed by atoms with Crippen LogP contribution in [-0.4, -0.2) is 93.2 Å². The topological polar surface area (TPSA) is 155 Å². The highest BCUT2D eigenvalue weighted by molar-refractivity contribution is 6.02. The Kier molecular flexibility index (Phi) is 8.28. The number of nitrogens with two attached hydrogens (primary N) is 1. The summed E-state index contributed by atoms with van der Waals surface area (Å²) < 4.78 is 7.99. The first kappa shape index (κ1) is 31.1. The van der Waals surface area contributed by atoms with Crippen molar-refractivity contribution in [3.05, 3.63) is 66.5 Å². The summed E-state index contributed by atoms with van der Waals surface area (Å²) in [6, 6.07) is 15.3. The van der Waals surface area contributed by atoms with Gasteiger partial charge in [-0.05, 0) is 80.9 Å². The van der Waals surface area contributed by atoms with Crippen molar-refractivity contribution >= 4 is 29.0 Å². The zero-order valence-electron chi connectivity index (χ0n) is 27.4. The van der Waals surface area contributed by atoms with E-state index in [2.05, 4.69) is 47.4 Å². The van der Waals surface area contributed by atoms with Crippen molar-refractivity contribution in [3.63, 3.8) is 0 Å². The number of para-hydroxylation sites is 2. The van der Waals surface area contributed by atoms with E-state index in [9.17, 15) is 14.7 Å². The Bertz CT molecular complexity index is 1860. The molecule has 4 N–H and O–H groups in total. The average molecular weight is 664 g/mol. The Labute approximate surface area is 284 Å². The highest BCUT2D eigenvalue weighted by Crippen LogP contribution is 2.43. The largest absolute Gasteiger partial charge is 0.507 e. The van der Waals surface area contributed by atoms with Crippen LogP contribution in [0.5, 0.6) is 11.5 Å². The number of carbonyl (C=O) groups excluding carboxylic acids is 2. The normalized spacial score (nSPS) is 20.9. The first-order valence-electron chi connectivity index (χ1n) is 17.2. The van der Waals surface area contributed by atoms with Gasteiger partial charge < -0.3 is 30.3 Å². The number of hydrogen-bond donors (Lipinski definition) is 3. The number of anilines is 3. The molecule has 13 heteroatoms. The summed E-state index contributed by atoms with van der Waals surface area (Å²) in [5, 5.41) is 25.7. The van der Waals surface area contributed by atoms with Gasteiger partial charge in [-0.2, -0.15) is 5.10 Å². The Morgan fingerprint density at radius 3 is 2.51 bits per heavy atom. The molecule has 254 valence electrons. The number of piperidine rings is 3. The van der Waals surface area contributed by atoms with Gasteiger partial charge in [0.15, 0.2) is 5.82 Å². The van der Waals surface area contributed by atoms with Crippen molar-refractivity contribution in [1.29, 1.82) is 0 Å². The lowest BCUT2D eigenvalue weighted by Crippen LogP contribution is -2.54. The fourth-order valence-electron chi connectivity index (χ4n) is 7.99. The summed E-state index contributed by atoms with van der Waals surface area (Å²) in [5.74, 6) is 1.31. The number of carbonyl (C=O) groups is 2. The Balaban J connectivity index is 0.884. The first-order chi connectivity index (χ1) is 23.9. The molecule has 13 nitrogen and oxygen atoms in total. The lowest BCUT2D eigenvalue weighted by molar-refractivity contribution is -0.134. The predicted octanol–water partition coefficient (Wildman–Crippen LogP) is 3.47. The standard InChI is InChI=1S/C36H41N9O4/c37-35-31(20-28(40-41-35)27-4-1-2-7-32(27)46)45-22-25(21-38-45)43-16-12-24(13-17-43)42-14-10-23(11-15-42)26-5-3-6-29-34(26)49-19-18-44(29)30-8-9-33(47)39-36(30)48/h1-7,20-24,30,46H,8-19H2,(H2,37,41)(H,39,47,48)/t30-/m0/s1. The SMILES string of the molecule is Nc1nnc(-c2ccccc2O)cc1-n1cc(N2CCC(N3CCC(c4cccc5c4OCCN5[C@H]4CCC(=O)NC4=O)CC3)CC2)cn1. The molecule has 2 aromatic carbocycles. The van der Waals surface area contributed by atoms with Crippen molar-refractivity contribution in [2.24, 2.45) is 0 Å². The summed E-state index contributed by atoms with van der Waals surface area (Å²) in [5.41, 5.74) is 11.2. The van der Waals surface area contributed by atoms with Gasteiger partial charge in [-0.3, -0.25) is 14.9 Å². The molecule has 0 aliphatic carbocycles. The van der Waals surface area contributed by atoms with E-state index in [0.29, 0.717) is 54.9 Å². The number of fused-ring (bicyclic) bond motifs is 1. The number of phenolic OH excluding ortho intramolecular Hbond substituents is 1. The molecular formula is C36H41N9O4. The van der Waals surface area contributed by atoms with Gasteiger partial charge in [-0.25, -0.2) is 4.68 Å². The van der Waals surface area contributed by atoms with Gasteiger partial charge in [-0.15, -0.1) is 10.2 Å². The maximum absolute atomic E-state index is 12.7. The lowest BCUT2D eigenvalue weighted by Gasteiger charge is -2.43. The molecule has 2 aromatic heterocycles. The second kappa shape index (κ2) is 13.0. The number of aromatic hydroxyl groups is 1. The summed E-state index contributed by atoms with van der Waals surface area (Å²) in [7, 11) is 0. The number of phenols is 1. The van der Waals surface area contributed by atoms with E-state index in [1.165, 1.54) is 5.56 Å². The number of ether oxygens (including phenoxy) is 1. The average Bonchev–Trinajstić information content (AvgIpc) is 3.62. The third kappa shape index (κ3) is 6.03. The fourth-order valence-corrected chi connectivity index (χ4v) is 7.99. The van der Waals surface area contributed by atoms with E-state index in [1.807, 2.05) is 24.5 Å². The zero-order chi connectivity index (χ0) is 33.5. The van der Waals surface area contributed by atoms with Gasteiger partial charge in [0, 0.05) is 31.1 Å². The highest BCUT2D eigenvalue weighted by Gasteiger charge is 2.37. The van der Waals surface area contributed by atoms with Crippen LogP contribution in [-0.2, 0) is 9.59 Å². The van der Waals surface area contributed by atoms with Crippen LogP contribution < -0.4 is 25.6 Å². The second-order valence-corrected chi connectivity index (χ2v) is 13.4. The molecule has 49 heavy (non-hydrogen) atoms. The number of likely N-dealkylation sites (tertiary alicyclic amines) is 1. The number of hydrogen-bond acceptors (Lipinski definition) is 11. The van der Waals surface area contributed by atoms with Gasteiger partial charge in [0.2, 0.25) is 11.8 Å². The lowest BCUT2D eigenvalue weighted by atomic mass is 9.86. The number of nitrogens with one attached hydrogen (secondary N) is 1. The van der Waals surface area contributed by atoms with Gasteiger partial charge in [0.1, 0.15) is 29.8 Å². The second-order valence-electron chi connectivity index (χ2n) is 13.4. The predicted molar refractivity (Wildman–Crippen MR) is 185 cm³/mol. The molecule has 4 aliphatic rings. The van der Waals surface area contributed by atoms with Gasteiger partial charge in [0.05, 0.1) is 36.0 Å². The molecule has 6 heterocycles. The summed E-state index contributed by atoms with van der Waals surface area (Å²) in [4.78, 5) is 31.6. The first-order valence-corrected chi connectivity index (χ1v) is 17.2. The van der Waals surface area contributed by atoms with E-state index in [1.54, 1.807) is 28.9 Å². The fraction of sp³-hybridized carbons (Fsp3) is 0.417. The van der Waals surface area contributed by atoms with E-state index in [4.69, 9.17) is 10.5 Å². The van der Waals surface area contributed by atoms with Crippen molar-refractivity contribution in [3.8, 4) is 28.4 Å². The van der Waals surface area contributed by atoms with Crippen LogP contribution >= 0.6 is 0 Å². The van der Waals surface area contributed by atoms with Crippen molar-refractivity contribution in [1.82, 2.24) is 30.2 Å². The summed E-state index contributed by atoms with van der Waals surface area (Å²) >= 11 is 0. The Hall–Kier alpha value is -5.17. The number of nitrogen functional groups attached to an aromatic ring is 1. The van der Waals surface area contributed by atoms with Crippen molar-refractivity contribution in [2.75, 3.05) is 54.9 Å². The minimum Gasteiger partial charge on any atom is -0.507 e. The third-order valence-electron chi connectivity index (χ3n) is 10.6. The van der Waals surface area contributed by atoms with E-state index >= 15 is 0 Å². The monoisotopic (exact) mass is 663 g/mol. The third-order valence-corrected chi connectivity index (χ3v) is 10.6. The van der Waals surface area contributed by atoms with Crippen LogP contribution in [0.25, 0.3) is 16.9 Å². The van der Waals surface area contributed by atoms with Crippen LogP contribution in [0, 0.1) is 0 Å². The van der Waals surface area contributed by atoms with Crippen LogP contribution in [0.2, 0.25) is 0 Å². The molecule has 0 unspecified atom stereocenters. The molecule has 8 rings (SSSR count). The number of aromatic nitrogens is 4. The quantitative estimate of drug-likeness (QED) is 0.260. The molecule has 1 atom stereocenters. The number of amides is 2. The molecule has 4 aliphatic heterocycles.